The predicted molar refractivity (Wildman–Crippen MR) is 81.8 cm³/mol. The quantitative estimate of drug-likeness (QED) is 0.872. The Balaban J connectivity index is 1.73. The zero-order valence-corrected chi connectivity index (χ0v) is 13.0. The van der Waals surface area contributed by atoms with Crippen molar-refractivity contribution in [3.8, 4) is 0 Å². The van der Waals surface area contributed by atoms with E-state index in [1.54, 1.807) is 12.1 Å². The number of carbonyl (C=O) groups is 3. The Morgan fingerprint density at radius 2 is 2.22 bits per heavy atom. The zero-order valence-electron chi connectivity index (χ0n) is 12.2. The van der Waals surface area contributed by atoms with Crippen molar-refractivity contribution >= 4 is 39.3 Å². The molecule has 1 N–H and O–H groups in total. The zero-order chi connectivity index (χ0) is 16.6. The highest BCUT2D eigenvalue weighted by Crippen LogP contribution is 2.28. The molecule has 1 unspecified atom stereocenters. The fraction of sp³-hybridized carbons (Fsp3) is 0.267. The number of thiophene rings is 1. The molecule has 0 aliphatic carbocycles. The Kier molecular flexibility index (Phi) is 3.99. The molecule has 0 radical (unpaired) electrons. The van der Waals surface area contributed by atoms with Crippen molar-refractivity contribution in [1.82, 2.24) is 10.2 Å². The summed E-state index contributed by atoms with van der Waals surface area (Å²) in [6, 6.07) is 5.46. The van der Waals surface area contributed by atoms with E-state index >= 15 is 0 Å². The van der Waals surface area contributed by atoms with E-state index in [9.17, 15) is 18.8 Å². The first kappa shape index (κ1) is 15.4. The van der Waals surface area contributed by atoms with Gasteiger partial charge in [-0.15, -0.1) is 11.3 Å². The molecule has 1 aliphatic rings. The molecule has 3 rings (SSSR count). The van der Waals surface area contributed by atoms with Crippen LogP contribution < -0.4 is 5.32 Å². The van der Waals surface area contributed by atoms with E-state index in [0.717, 1.165) is 16.2 Å². The van der Waals surface area contributed by atoms with E-state index in [4.69, 9.17) is 4.74 Å². The third kappa shape index (κ3) is 2.89. The molecule has 1 aromatic carbocycles. The molecule has 3 amide bonds. The van der Waals surface area contributed by atoms with Gasteiger partial charge in [0.25, 0.3) is 5.91 Å². The van der Waals surface area contributed by atoms with E-state index in [-0.39, 0.29) is 11.4 Å². The minimum absolute atomic E-state index is 0.204. The highest BCUT2D eigenvalue weighted by Gasteiger charge is 2.32. The first-order valence-corrected chi connectivity index (χ1v) is 7.77. The van der Waals surface area contributed by atoms with Crippen LogP contribution >= 0.6 is 11.3 Å². The lowest BCUT2D eigenvalue weighted by Crippen LogP contribution is -2.41. The number of esters is 1. The number of hydrogen-bond donors (Lipinski definition) is 1. The van der Waals surface area contributed by atoms with Crippen molar-refractivity contribution in [3.05, 3.63) is 35.0 Å². The summed E-state index contributed by atoms with van der Waals surface area (Å²) >= 11 is 1.09. The second kappa shape index (κ2) is 5.96. The molecule has 0 saturated carbocycles. The number of benzene rings is 1. The normalized spacial score (nSPS) is 15.6. The monoisotopic (exact) mass is 336 g/mol. The van der Waals surface area contributed by atoms with E-state index in [1.807, 2.05) is 0 Å². The van der Waals surface area contributed by atoms with Crippen LogP contribution in [0.4, 0.5) is 9.18 Å². The van der Waals surface area contributed by atoms with Crippen LogP contribution in [0, 0.1) is 5.82 Å². The van der Waals surface area contributed by atoms with Gasteiger partial charge in [0.05, 0.1) is 0 Å². The lowest BCUT2D eigenvalue weighted by molar-refractivity contribution is -0.135. The first-order valence-electron chi connectivity index (χ1n) is 6.95. The van der Waals surface area contributed by atoms with Crippen LogP contribution in [0.1, 0.15) is 16.6 Å². The number of ether oxygens (including phenoxy) is 1. The number of imide groups is 1. The Hall–Kier alpha value is -2.48. The summed E-state index contributed by atoms with van der Waals surface area (Å²) in [6.45, 7) is 2.02. The number of urea groups is 1. The maximum absolute atomic E-state index is 13.7. The second-order valence-corrected chi connectivity index (χ2v) is 6.12. The molecule has 0 spiro atoms. The molecule has 23 heavy (non-hydrogen) atoms. The van der Waals surface area contributed by atoms with Gasteiger partial charge in [-0.2, -0.15) is 0 Å². The van der Waals surface area contributed by atoms with Gasteiger partial charge in [0.15, 0.2) is 6.10 Å². The third-order valence-electron chi connectivity index (χ3n) is 3.46. The summed E-state index contributed by atoms with van der Waals surface area (Å²) < 4.78 is 19.4. The van der Waals surface area contributed by atoms with Crippen LogP contribution in [-0.4, -0.2) is 42.0 Å². The largest absolute Gasteiger partial charge is 0.448 e. The summed E-state index contributed by atoms with van der Waals surface area (Å²) in [5.74, 6) is -1.72. The van der Waals surface area contributed by atoms with Gasteiger partial charge < -0.3 is 10.1 Å². The van der Waals surface area contributed by atoms with Crippen LogP contribution in [0.2, 0.25) is 0 Å². The lowest BCUT2D eigenvalue weighted by atomic mass is 10.2. The Labute approximate surface area is 134 Å². The number of nitrogens with zero attached hydrogens (tertiary/aromatic N) is 1. The topological polar surface area (TPSA) is 75.7 Å². The fourth-order valence-electron chi connectivity index (χ4n) is 2.30. The molecule has 1 fully saturated rings. The van der Waals surface area contributed by atoms with E-state index < -0.39 is 29.8 Å². The molecule has 1 aliphatic heterocycles. The van der Waals surface area contributed by atoms with Crippen LogP contribution in [0.25, 0.3) is 10.1 Å². The first-order chi connectivity index (χ1) is 11.0. The van der Waals surface area contributed by atoms with Crippen molar-refractivity contribution in [1.29, 1.82) is 0 Å². The van der Waals surface area contributed by atoms with Gasteiger partial charge in [0, 0.05) is 23.2 Å². The van der Waals surface area contributed by atoms with Crippen molar-refractivity contribution in [2.75, 3.05) is 13.1 Å². The van der Waals surface area contributed by atoms with Crippen molar-refractivity contribution in [3.63, 3.8) is 0 Å². The Bertz CT molecular complexity index is 804. The highest BCUT2D eigenvalue weighted by atomic mass is 32.1. The average molecular weight is 336 g/mol. The second-order valence-electron chi connectivity index (χ2n) is 5.03. The van der Waals surface area contributed by atoms with Gasteiger partial charge in [0.2, 0.25) is 0 Å². The summed E-state index contributed by atoms with van der Waals surface area (Å²) in [7, 11) is 0. The predicted octanol–water partition coefficient (Wildman–Crippen LogP) is 2.14. The Morgan fingerprint density at radius 3 is 2.87 bits per heavy atom. The van der Waals surface area contributed by atoms with Crippen LogP contribution in [-0.2, 0) is 9.53 Å². The fourth-order valence-corrected chi connectivity index (χ4v) is 3.25. The van der Waals surface area contributed by atoms with Crippen molar-refractivity contribution in [2.24, 2.45) is 0 Å². The standard InChI is InChI=1S/C15H13FN2O4S/c1-8(13(19)18-6-5-17-15(18)21)22-14(20)12-7-9-10(16)3-2-4-11(9)23-12/h2-4,7-8H,5-6H2,1H3,(H,17,21). The minimum atomic E-state index is -1.10. The SMILES string of the molecule is CC(OC(=O)c1cc2c(F)cccc2s1)C(=O)N1CCNC1=O. The smallest absolute Gasteiger partial charge is 0.349 e. The molecule has 1 atom stereocenters. The molecule has 120 valence electrons. The lowest BCUT2D eigenvalue weighted by Gasteiger charge is -2.17. The number of amides is 3. The molecule has 0 bridgehead atoms. The maximum atomic E-state index is 13.7. The molecular formula is C15H13FN2O4S. The summed E-state index contributed by atoms with van der Waals surface area (Å²) in [5.41, 5.74) is 0. The van der Waals surface area contributed by atoms with Gasteiger partial charge in [-0.05, 0) is 25.1 Å². The van der Waals surface area contributed by atoms with Crippen LogP contribution in [0.15, 0.2) is 24.3 Å². The maximum Gasteiger partial charge on any atom is 0.349 e. The summed E-state index contributed by atoms with van der Waals surface area (Å²) in [5, 5.41) is 2.84. The average Bonchev–Trinajstić information content (AvgIpc) is 3.13. The van der Waals surface area contributed by atoms with Gasteiger partial charge in [0.1, 0.15) is 10.7 Å². The van der Waals surface area contributed by atoms with Gasteiger partial charge >= 0.3 is 12.0 Å². The summed E-state index contributed by atoms with van der Waals surface area (Å²) in [6.07, 6.45) is -1.10. The van der Waals surface area contributed by atoms with Crippen molar-refractivity contribution in [2.45, 2.75) is 13.0 Å². The van der Waals surface area contributed by atoms with Gasteiger partial charge in [-0.3, -0.25) is 9.69 Å². The third-order valence-corrected chi connectivity index (χ3v) is 4.54. The molecular weight excluding hydrogens is 323 g/mol. The van der Waals surface area contributed by atoms with E-state index in [2.05, 4.69) is 5.32 Å². The number of halogens is 1. The number of rotatable bonds is 3. The van der Waals surface area contributed by atoms with E-state index in [0.29, 0.717) is 16.6 Å². The van der Waals surface area contributed by atoms with Crippen molar-refractivity contribution < 1.29 is 23.5 Å². The summed E-state index contributed by atoms with van der Waals surface area (Å²) in [4.78, 5) is 36.9. The number of carbonyl (C=O) groups excluding carboxylic acids is 3. The molecule has 8 heteroatoms. The van der Waals surface area contributed by atoms with Crippen LogP contribution in [0.5, 0.6) is 0 Å². The number of hydrogen-bond acceptors (Lipinski definition) is 5. The molecule has 2 aromatic rings. The molecule has 1 saturated heterocycles. The number of nitrogens with one attached hydrogen (secondary N) is 1. The molecule has 6 nitrogen and oxygen atoms in total. The minimum Gasteiger partial charge on any atom is -0.448 e. The highest BCUT2D eigenvalue weighted by molar-refractivity contribution is 7.20. The Morgan fingerprint density at radius 1 is 1.43 bits per heavy atom. The molecule has 1 aromatic heterocycles. The van der Waals surface area contributed by atoms with Gasteiger partial charge in [-0.1, -0.05) is 6.07 Å². The number of fused-ring (bicyclic) bond motifs is 1. The van der Waals surface area contributed by atoms with E-state index in [1.165, 1.54) is 19.1 Å². The van der Waals surface area contributed by atoms with Gasteiger partial charge in [-0.25, -0.2) is 14.0 Å². The van der Waals surface area contributed by atoms with Crippen LogP contribution in [0.3, 0.4) is 0 Å². The molecule has 2 heterocycles.